The van der Waals surface area contributed by atoms with Crippen LogP contribution in [0.2, 0.25) is 0 Å². The van der Waals surface area contributed by atoms with Gasteiger partial charge in [0.25, 0.3) is 0 Å². The lowest BCUT2D eigenvalue weighted by molar-refractivity contribution is 0.0661. The number of hydrogen-bond acceptors (Lipinski definition) is 4. The van der Waals surface area contributed by atoms with Crippen LogP contribution in [0, 0.1) is 6.92 Å². The Morgan fingerprint density at radius 1 is 1.38 bits per heavy atom. The smallest absolute Gasteiger partial charge is 0.372 e. The van der Waals surface area contributed by atoms with Gasteiger partial charge in [0.05, 0.1) is 5.39 Å². The van der Waals surface area contributed by atoms with E-state index in [0.29, 0.717) is 0 Å². The Labute approximate surface area is 89.6 Å². The fourth-order valence-corrected chi connectivity index (χ4v) is 1.48. The van der Waals surface area contributed by atoms with Gasteiger partial charge in [-0.1, -0.05) is 0 Å². The van der Waals surface area contributed by atoms with Crippen LogP contribution < -0.4 is 5.43 Å². The normalized spacial score (nSPS) is 10.6. The van der Waals surface area contributed by atoms with Crippen molar-refractivity contribution in [3.8, 4) is 5.75 Å². The average molecular weight is 220 g/mol. The molecule has 5 heteroatoms. The number of carbonyl (C=O) groups is 1. The molecule has 0 aliphatic carbocycles. The molecule has 2 rings (SSSR count). The molecule has 2 aromatic rings. The Morgan fingerprint density at radius 2 is 2.06 bits per heavy atom. The van der Waals surface area contributed by atoms with Gasteiger partial charge in [-0.3, -0.25) is 4.79 Å². The molecule has 0 bridgehead atoms. The number of fused-ring (bicyclic) bond motifs is 1. The van der Waals surface area contributed by atoms with Crippen LogP contribution in [0.25, 0.3) is 11.0 Å². The summed E-state index contributed by atoms with van der Waals surface area (Å²) in [6, 6.07) is 3.96. The van der Waals surface area contributed by atoms with E-state index in [2.05, 4.69) is 0 Å². The number of aromatic hydroxyl groups is 1. The first-order valence-corrected chi connectivity index (χ1v) is 4.50. The quantitative estimate of drug-likeness (QED) is 0.760. The second kappa shape index (κ2) is 3.37. The summed E-state index contributed by atoms with van der Waals surface area (Å²) < 4.78 is 5.06. The standard InChI is InChI=1S/C11H8O5/c1-5-9(13)7-3-2-6(12)4-8(7)16-10(5)11(14)15/h2-4,12H,1H3,(H,14,15). The van der Waals surface area contributed by atoms with Crippen molar-refractivity contribution in [2.24, 2.45) is 0 Å². The van der Waals surface area contributed by atoms with Crippen LogP contribution in [0.3, 0.4) is 0 Å². The maximum atomic E-state index is 11.8. The molecule has 0 amide bonds. The molecule has 0 radical (unpaired) electrons. The Kier molecular flexibility index (Phi) is 2.16. The zero-order valence-corrected chi connectivity index (χ0v) is 8.35. The molecule has 2 N–H and O–H groups in total. The van der Waals surface area contributed by atoms with E-state index in [-0.39, 0.29) is 22.3 Å². The molecule has 0 atom stereocenters. The van der Waals surface area contributed by atoms with E-state index >= 15 is 0 Å². The van der Waals surface area contributed by atoms with Gasteiger partial charge >= 0.3 is 5.97 Å². The van der Waals surface area contributed by atoms with Crippen molar-refractivity contribution in [1.82, 2.24) is 0 Å². The zero-order chi connectivity index (χ0) is 11.9. The molecule has 5 nitrogen and oxygen atoms in total. The lowest BCUT2D eigenvalue weighted by atomic mass is 10.1. The van der Waals surface area contributed by atoms with E-state index in [1.165, 1.54) is 25.1 Å². The molecule has 0 unspecified atom stereocenters. The minimum absolute atomic E-state index is 0.0469. The van der Waals surface area contributed by atoms with E-state index in [1.54, 1.807) is 0 Å². The van der Waals surface area contributed by atoms with E-state index < -0.39 is 17.2 Å². The third kappa shape index (κ3) is 1.42. The summed E-state index contributed by atoms with van der Waals surface area (Å²) in [6.45, 7) is 1.39. The van der Waals surface area contributed by atoms with Crippen molar-refractivity contribution >= 4 is 16.9 Å². The molecular formula is C11H8O5. The number of benzene rings is 1. The van der Waals surface area contributed by atoms with Gasteiger partial charge in [-0.05, 0) is 19.1 Å². The highest BCUT2D eigenvalue weighted by molar-refractivity contribution is 5.89. The molecule has 0 aliphatic rings. The lowest BCUT2D eigenvalue weighted by Crippen LogP contribution is -2.12. The predicted octanol–water partition coefficient (Wildman–Crippen LogP) is 1.51. The third-order valence-electron chi connectivity index (χ3n) is 2.30. The van der Waals surface area contributed by atoms with E-state index in [0.717, 1.165) is 0 Å². The molecular weight excluding hydrogens is 212 g/mol. The van der Waals surface area contributed by atoms with E-state index in [9.17, 15) is 14.7 Å². The first kappa shape index (κ1) is 10.2. The van der Waals surface area contributed by atoms with Crippen molar-refractivity contribution in [3.05, 3.63) is 39.7 Å². The van der Waals surface area contributed by atoms with Gasteiger partial charge in [-0.15, -0.1) is 0 Å². The molecule has 1 heterocycles. The summed E-state index contributed by atoms with van der Waals surface area (Å²) in [5.74, 6) is -1.79. The van der Waals surface area contributed by atoms with Gasteiger partial charge in [-0.25, -0.2) is 4.79 Å². The molecule has 0 saturated heterocycles. The SMILES string of the molecule is Cc1c(C(=O)O)oc2cc(O)ccc2c1=O. The predicted molar refractivity (Wildman–Crippen MR) is 55.8 cm³/mol. The fraction of sp³-hybridized carbons (Fsp3) is 0.0909. The molecule has 0 spiro atoms. The molecule has 1 aromatic carbocycles. The Balaban J connectivity index is 2.94. The number of aromatic carboxylic acids is 1. The van der Waals surface area contributed by atoms with Gasteiger partial charge in [0.15, 0.2) is 5.43 Å². The third-order valence-corrected chi connectivity index (χ3v) is 2.30. The summed E-state index contributed by atoms with van der Waals surface area (Å²) in [6.07, 6.45) is 0. The fourth-order valence-electron chi connectivity index (χ4n) is 1.48. The Bertz CT molecular complexity index is 639. The van der Waals surface area contributed by atoms with Gasteiger partial charge in [0, 0.05) is 11.6 Å². The molecule has 1 aromatic heterocycles. The number of carboxylic acid groups (broad SMARTS) is 1. The van der Waals surface area contributed by atoms with Crippen molar-refractivity contribution < 1.29 is 19.4 Å². The number of phenols is 1. The summed E-state index contributed by atoms with van der Waals surface area (Å²) in [5, 5.41) is 18.3. The van der Waals surface area contributed by atoms with Crippen molar-refractivity contribution in [2.45, 2.75) is 6.92 Å². The van der Waals surface area contributed by atoms with E-state index in [1.807, 2.05) is 0 Å². The van der Waals surface area contributed by atoms with Crippen molar-refractivity contribution in [1.29, 1.82) is 0 Å². The topological polar surface area (TPSA) is 87.7 Å². The summed E-state index contributed by atoms with van der Waals surface area (Å²) in [5.41, 5.74) is -0.294. The number of phenolic OH excluding ortho intramolecular Hbond substituents is 1. The second-order valence-electron chi connectivity index (χ2n) is 3.37. The summed E-state index contributed by atoms with van der Waals surface area (Å²) in [7, 11) is 0. The van der Waals surface area contributed by atoms with Crippen LogP contribution in [-0.4, -0.2) is 16.2 Å². The van der Waals surface area contributed by atoms with Gasteiger partial charge in [0.2, 0.25) is 5.76 Å². The lowest BCUT2D eigenvalue weighted by Gasteiger charge is -2.02. The largest absolute Gasteiger partial charge is 0.508 e. The summed E-state index contributed by atoms with van der Waals surface area (Å²) >= 11 is 0. The minimum atomic E-state index is -1.31. The Morgan fingerprint density at radius 3 is 2.69 bits per heavy atom. The van der Waals surface area contributed by atoms with Crippen LogP contribution in [-0.2, 0) is 0 Å². The molecule has 0 aliphatic heterocycles. The second-order valence-corrected chi connectivity index (χ2v) is 3.37. The van der Waals surface area contributed by atoms with Crippen LogP contribution in [0.1, 0.15) is 16.1 Å². The maximum absolute atomic E-state index is 11.8. The van der Waals surface area contributed by atoms with Crippen LogP contribution >= 0.6 is 0 Å². The van der Waals surface area contributed by atoms with Crippen LogP contribution in [0.15, 0.2) is 27.4 Å². The number of carboxylic acids is 1. The van der Waals surface area contributed by atoms with Crippen molar-refractivity contribution in [2.75, 3.05) is 0 Å². The number of rotatable bonds is 1. The van der Waals surface area contributed by atoms with Crippen molar-refractivity contribution in [3.63, 3.8) is 0 Å². The number of hydrogen-bond donors (Lipinski definition) is 2. The zero-order valence-electron chi connectivity index (χ0n) is 8.35. The highest BCUT2D eigenvalue weighted by Crippen LogP contribution is 2.20. The van der Waals surface area contributed by atoms with Crippen LogP contribution in [0.5, 0.6) is 5.75 Å². The first-order valence-electron chi connectivity index (χ1n) is 4.50. The molecule has 82 valence electrons. The van der Waals surface area contributed by atoms with E-state index in [4.69, 9.17) is 9.52 Å². The van der Waals surface area contributed by atoms with Gasteiger partial charge in [0.1, 0.15) is 11.3 Å². The van der Waals surface area contributed by atoms with Gasteiger partial charge < -0.3 is 14.6 Å². The monoisotopic (exact) mass is 220 g/mol. The molecule has 16 heavy (non-hydrogen) atoms. The van der Waals surface area contributed by atoms with Gasteiger partial charge in [-0.2, -0.15) is 0 Å². The minimum Gasteiger partial charge on any atom is -0.508 e. The highest BCUT2D eigenvalue weighted by atomic mass is 16.4. The first-order chi connectivity index (χ1) is 7.50. The Hall–Kier alpha value is -2.30. The molecule has 0 saturated carbocycles. The highest BCUT2D eigenvalue weighted by Gasteiger charge is 2.16. The van der Waals surface area contributed by atoms with Crippen LogP contribution in [0.4, 0.5) is 0 Å². The molecule has 0 fully saturated rings. The average Bonchev–Trinajstić information content (AvgIpc) is 2.22. The maximum Gasteiger partial charge on any atom is 0.372 e. The summed E-state index contributed by atoms with van der Waals surface area (Å²) in [4.78, 5) is 22.6.